The number of hydrogen-bond donors (Lipinski definition) is 5. The van der Waals surface area contributed by atoms with E-state index in [1.54, 1.807) is 33.8 Å². The molecule has 0 saturated heterocycles. The van der Waals surface area contributed by atoms with Crippen LogP contribution in [-0.4, -0.2) is 186 Å². The number of aliphatic hydroxyl groups is 1. The summed E-state index contributed by atoms with van der Waals surface area (Å²) in [6.45, 7) is 26.6. The van der Waals surface area contributed by atoms with Crippen molar-refractivity contribution in [2.75, 3.05) is 42.3 Å². The highest BCUT2D eigenvalue weighted by molar-refractivity contribution is 5.98. The molecular formula is C53H97N9O11. The normalized spacial score (nSPS) is 16.3. The Morgan fingerprint density at radius 1 is 0.534 bits per heavy atom. The minimum absolute atomic E-state index is 0.0188. The fourth-order valence-electron chi connectivity index (χ4n) is 8.63. The highest BCUT2D eigenvalue weighted by atomic mass is 16.5. The van der Waals surface area contributed by atoms with Gasteiger partial charge in [-0.05, 0) is 88.4 Å². The van der Waals surface area contributed by atoms with E-state index in [9.17, 15) is 48.3 Å². The first kappa shape index (κ1) is 67.9. The maximum Gasteiger partial charge on any atom is 0.328 e. The first-order valence-electron chi connectivity index (χ1n) is 26.0. The summed E-state index contributed by atoms with van der Waals surface area (Å²) in [5.74, 6) is -6.97. The van der Waals surface area contributed by atoms with E-state index in [0.717, 1.165) is 4.90 Å². The lowest BCUT2D eigenvalue weighted by molar-refractivity contribution is -0.157. The molecule has 0 aliphatic heterocycles. The first-order chi connectivity index (χ1) is 33.7. The summed E-state index contributed by atoms with van der Waals surface area (Å²) in [7, 11) is 8.44. The Labute approximate surface area is 437 Å². The van der Waals surface area contributed by atoms with Crippen molar-refractivity contribution in [3.05, 3.63) is 12.2 Å². The molecule has 0 aliphatic rings. The second kappa shape index (κ2) is 31.6. The van der Waals surface area contributed by atoms with Crippen LogP contribution in [0.3, 0.4) is 0 Å². The van der Waals surface area contributed by atoms with Gasteiger partial charge in [0.1, 0.15) is 48.3 Å². The molecule has 0 aromatic rings. The predicted molar refractivity (Wildman–Crippen MR) is 283 cm³/mol. The molecule has 420 valence electrons. The molecule has 11 atom stereocenters. The molecule has 0 radical (unpaired) electrons. The van der Waals surface area contributed by atoms with Crippen molar-refractivity contribution < 1.29 is 53.0 Å². The van der Waals surface area contributed by atoms with Crippen LogP contribution in [0.15, 0.2) is 12.2 Å². The zero-order valence-electron chi connectivity index (χ0n) is 48.3. The highest BCUT2D eigenvalue weighted by Crippen LogP contribution is 2.25. The number of ether oxygens (including phenoxy) is 1. The molecule has 8 amide bonds. The van der Waals surface area contributed by atoms with Crippen LogP contribution in [-0.2, 0) is 47.9 Å². The lowest BCUT2D eigenvalue weighted by Gasteiger charge is -2.41. The molecule has 0 aromatic heterocycles. The summed E-state index contributed by atoms with van der Waals surface area (Å²) in [5.41, 5.74) is 6.13. The largest absolute Gasteiger partial charge is 0.467 e. The van der Waals surface area contributed by atoms with Gasteiger partial charge in [-0.1, -0.05) is 95.2 Å². The second-order valence-corrected chi connectivity index (χ2v) is 21.8. The fraction of sp³-hybridized carbons (Fsp3) is 0.792. The molecule has 0 fully saturated rings. The Hall–Kier alpha value is -5.11. The van der Waals surface area contributed by atoms with E-state index in [4.69, 9.17) is 10.5 Å². The smallest absolute Gasteiger partial charge is 0.328 e. The monoisotopic (exact) mass is 1040 g/mol. The third-order valence-corrected chi connectivity index (χ3v) is 13.4. The van der Waals surface area contributed by atoms with Crippen LogP contribution >= 0.6 is 0 Å². The number of amides is 8. The van der Waals surface area contributed by atoms with Gasteiger partial charge in [-0.25, -0.2) is 4.79 Å². The molecule has 0 saturated carbocycles. The third kappa shape index (κ3) is 19.9. The Balaban J connectivity index is 6.86. The number of esters is 1. The number of hydrogen-bond acceptors (Lipinski definition) is 12. The summed E-state index contributed by atoms with van der Waals surface area (Å²) < 4.78 is 4.87. The molecule has 0 aromatic carbocycles. The summed E-state index contributed by atoms with van der Waals surface area (Å²) in [6.07, 6.45) is 3.47. The quantitative estimate of drug-likeness (QED) is 0.0514. The van der Waals surface area contributed by atoms with E-state index in [-0.39, 0.29) is 42.9 Å². The zero-order chi connectivity index (χ0) is 57.1. The molecule has 0 heterocycles. The lowest BCUT2D eigenvalue weighted by Crippen LogP contribution is -2.63. The van der Waals surface area contributed by atoms with Gasteiger partial charge in [0.15, 0.2) is 0 Å². The molecule has 20 heteroatoms. The van der Waals surface area contributed by atoms with Crippen molar-refractivity contribution in [3.8, 4) is 0 Å². The van der Waals surface area contributed by atoms with E-state index in [2.05, 4.69) is 16.0 Å². The van der Waals surface area contributed by atoms with Gasteiger partial charge in [0.05, 0.1) is 19.3 Å². The molecular weight excluding hydrogens is 939 g/mol. The second-order valence-electron chi connectivity index (χ2n) is 21.8. The van der Waals surface area contributed by atoms with Crippen molar-refractivity contribution in [1.82, 2.24) is 40.4 Å². The third-order valence-electron chi connectivity index (χ3n) is 13.4. The van der Waals surface area contributed by atoms with Crippen LogP contribution in [0.25, 0.3) is 0 Å². The van der Waals surface area contributed by atoms with E-state index in [1.165, 1.54) is 75.8 Å². The van der Waals surface area contributed by atoms with E-state index < -0.39 is 126 Å². The zero-order valence-corrected chi connectivity index (χ0v) is 48.3. The minimum Gasteiger partial charge on any atom is -0.467 e. The molecule has 20 nitrogen and oxygen atoms in total. The van der Waals surface area contributed by atoms with Crippen LogP contribution in [0.4, 0.5) is 0 Å². The van der Waals surface area contributed by atoms with Crippen LogP contribution in [0.1, 0.15) is 136 Å². The Morgan fingerprint density at radius 3 is 1.38 bits per heavy atom. The number of allylic oxidation sites excluding steroid dienone is 2. The number of nitrogens with one attached hydrogen (secondary N) is 3. The van der Waals surface area contributed by atoms with Gasteiger partial charge in [0, 0.05) is 35.2 Å². The van der Waals surface area contributed by atoms with E-state index in [0.29, 0.717) is 12.8 Å². The lowest BCUT2D eigenvalue weighted by atomic mass is 9.91. The number of carbonyl (C=O) groups excluding carboxylic acids is 9. The average molecular weight is 1040 g/mol. The molecule has 73 heavy (non-hydrogen) atoms. The average Bonchev–Trinajstić information content (AvgIpc) is 3.32. The van der Waals surface area contributed by atoms with Gasteiger partial charge in [-0.15, -0.1) is 0 Å². The molecule has 0 spiro atoms. The number of likely N-dealkylation sites (N-methyl/N-ethyl adjacent to an activating group) is 5. The molecule has 0 aliphatic carbocycles. The number of methoxy groups -OCH3 is 1. The van der Waals surface area contributed by atoms with Crippen molar-refractivity contribution in [1.29, 1.82) is 0 Å². The number of carbonyl (C=O) groups is 9. The summed E-state index contributed by atoms with van der Waals surface area (Å²) >= 11 is 0. The number of aliphatic hydroxyl groups excluding tert-OH is 1. The van der Waals surface area contributed by atoms with Gasteiger partial charge < -0.3 is 56.0 Å². The Morgan fingerprint density at radius 2 is 0.959 bits per heavy atom. The number of rotatable bonds is 30. The molecule has 0 unspecified atom stereocenters. The fourth-order valence-corrected chi connectivity index (χ4v) is 8.63. The van der Waals surface area contributed by atoms with Crippen LogP contribution < -0.4 is 21.7 Å². The van der Waals surface area contributed by atoms with E-state index >= 15 is 0 Å². The SMILES string of the molecule is CC=CC[C@@H](C)[C@@H](O)[C@@H](C(=O)N[C@@H](CC)C(=O)OC)N(C)C(=O)[C@H](C(C)C)N(C)C(=O)[C@H](CC(C)C)N(C)C(=O)[C@H](CC(C)C)N(C)C(=O)[C@@H](C)NC(=O)[C@H](C)NC(=O)[C@H](CC(C)C)N(C)C(=O)[C@@H](N)C(C)C. The predicted octanol–water partition coefficient (Wildman–Crippen LogP) is 2.94. The topological polar surface area (TPSA) is 261 Å². The van der Waals surface area contributed by atoms with Crippen molar-refractivity contribution in [2.24, 2.45) is 41.2 Å². The maximum absolute atomic E-state index is 14.9. The Bertz CT molecular complexity index is 1870. The highest BCUT2D eigenvalue weighted by Gasteiger charge is 2.45. The van der Waals surface area contributed by atoms with Crippen LogP contribution in [0.5, 0.6) is 0 Å². The van der Waals surface area contributed by atoms with Gasteiger partial charge in [-0.2, -0.15) is 0 Å². The first-order valence-corrected chi connectivity index (χ1v) is 26.0. The van der Waals surface area contributed by atoms with Gasteiger partial charge in [0.2, 0.25) is 47.3 Å². The van der Waals surface area contributed by atoms with Crippen molar-refractivity contribution in [2.45, 2.75) is 196 Å². The van der Waals surface area contributed by atoms with Crippen molar-refractivity contribution in [3.63, 3.8) is 0 Å². The maximum atomic E-state index is 14.9. The van der Waals surface area contributed by atoms with Gasteiger partial charge >= 0.3 is 5.97 Å². The van der Waals surface area contributed by atoms with E-state index in [1.807, 2.05) is 68.4 Å². The molecule has 6 N–H and O–H groups in total. The summed E-state index contributed by atoms with van der Waals surface area (Å²) in [5, 5.41) is 19.7. The van der Waals surface area contributed by atoms with Crippen LogP contribution in [0.2, 0.25) is 0 Å². The molecule has 0 bridgehead atoms. The molecule has 0 rings (SSSR count). The summed E-state index contributed by atoms with van der Waals surface area (Å²) in [4.78, 5) is 132. The Kier molecular flexibility index (Phi) is 29.4. The minimum atomic E-state index is -1.48. The number of nitrogens with two attached hydrogens (primary N) is 1. The summed E-state index contributed by atoms with van der Waals surface area (Å²) in [6, 6.07) is -9.96. The van der Waals surface area contributed by atoms with Gasteiger partial charge in [0.25, 0.3) is 0 Å². The van der Waals surface area contributed by atoms with Crippen molar-refractivity contribution >= 4 is 53.2 Å². The standard InChI is InChI=1S/C53H97N9O11/c1-22-24-25-34(13)44(63)43(47(66)57-37(23-2)53(72)73-21)62(20)52(71)42(33(11)12)61(19)50(69)40(28-31(7)8)60(18)49(68)39(27-30(5)6)59(17)48(67)36(15)56-45(64)35(14)55-46(65)38(26-29(3)4)58(16)51(70)41(54)32(9)10/h22,24,29-44,63H,23,25-28,54H2,1-21H3,(H,55,65)(H,56,64)(H,57,66)/t34-,35+,36-,37+,38+,39+,40+,41+,42+,43+,44-/m1/s1. The van der Waals surface area contributed by atoms with Crippen LogP contribution in [0, 0.1) is 35.5 Å². The number of nitrogens with zero attached hydrogens (tertiary/aromatic N) is 5. The van der Waals surface area contributed by atoms with Gasteiger partial charge in [-0.3, -0.25) is 38.4 Å².